The third kappa shape index (κ3) is 3.82. The highest BCUT2D eigenvalue weighted by atomic mass is 16.2. The summed E-state index contributed by atoms with van der Waals surface area (Å²) in [5.41, 5.74) is 5.55. The van der Waals surface area contributed by atoms with Gasteiger partial charge in [0.15, 0.2) is 0 Å². The first-order valence-corrected chi connectivity index (χ1v) is 6.21. The Bertz CT molecular complexity index is 204. The van der Waals surface area contributed by atoms with Crippen LogP contribution in [0.25, 0.3) is 0 Å². The summed E-state index contributed by atoms with van der Waals surface area (Å²) >= 11 is 0. The van der Waals surface area contributed by atoms with E-state index in [1.807, 2.05) is 0 Å². The molecule has 3 N–H and O–H groups in total. The highest BCUT2D eigenvalue weighted by molar-refractivity contribution is 5.81. The lowest BCUT2D eigenvalue weighted by atomic mass is 9.96. The number of nitrogens with two attached hydrogens (primary N) is 1. The van der Waals surface area contributed by atoms with Gasteiger partial charge in [0.1, 0.15) is 0 Å². The van der Waals surface area contributed by atoms with Crippen molar-refractivity contribution in [1.29, 1.82) is 0 Å². The van der Waals surface area contributed by atoms with Gasteiger partial charge in [0, 0.05) is 6.04 Å². The summed E-state index contributed by atoms with van der Waals surface area (Å²) in [5.74, 6) is 0.691. The fourth-order valence-corrected chi connectivity index (χ4v) is 2.35. The lowest BCUT2D eigenvalue weighted by Crippen LogP contribution is -2.45. The van der Waals surface area contributed by atoms with Gasteiger partial charge in [-0.15, -0.1) is 0 Å². The van der Waals surface area contributed by atoms with E-state index in [4.69, 9.17) is 5.73 Å². The maximum absolute atomic E-state index is 11.5. The van der Waals surface area contributed by atoms with Gasteiger partial charge in [-0.25, -0.2) is 0 Å². The SMILES string of the molecule is CCCCC1CCCC1NC(=O)[C@H](C)N. The maximum Gasteiger partial charge on any atom is 0.236 e. The van der Waals surface area contributed by atoms with Gasteiger partial charge in [-0.1, -0.05) is 26.2 Å². The molecule has 0 heterocycles. The lowest BCUT2D eigenvalue weighted by Gasteiger charge is -2.21. The lowest BCUT2D eigenvalue weighted by molar-refractivity contribution is -0.122. The zero-order valence-corrected chi connectivity index (χ0v) is 9.96. The molecule has 1 amide bonds. The monoisotopic (exact) mass is 212 g/mol. The molecule has 0 saturated heterocycles. The van der Waals surface area contributed by atoms with Crippen molar-refractivity contribution in [2.45, 2.75) is 64.5 Å². The van der Waals surface area contributed by atoms with Crippen molar-refractivity contribution in [1.82, 2.24) is 5.32 Å². The molecule has 1 saturated carbocycles. The number of amides is 1. The largest absolute Gasteiger partial charge is 0.352 e. The Morgan fingerprint density at radius 1 is 1.53 bits per heavy atom. The van der Waals surface area contributed by atoms with Crippen LogP contribution in [0.1, 0.15) is 52.4 Å². The number of unbranched alkanes of at least 4 members (excludes halogenated alkanes) is 1. The van der Waals surface area contributed by atoms with Crippen LogP contribution in [-0.4, -0.2) is 18.0 Å². The summed E-state index contributed by atoms with van der Waals surface area (Å²) in [6.07, 6.45) is 7.41. The molecule has 1 aliphatic carbocycles. The Labute approximate surface area is 92.8 Å². The van der Waals surface area contributed by atoms with Crippen LogP contribution >= 0.6 is 0 Å². The Morgan fingerprint density at radius 2 is 2.27 bits per heavy atom. The zero-order chi connectivity index (χ0) is 11.3. The molecule has 2 unspecified atom stereocenters. The highest BCUT2D eigenvalue weighted by Gasteiger charge is 2.28. The number of carbonyl (C=O) groups excluding carboxylic acids is 1. The van der Waals surface area contributed by atoms with E-state index in [1.165, 1.54) is 32.1 Å². The molecule has 1 rings (SSSR count). The molecule has 3 heteroatoms. The van der Waals surface area contributed by atoms with Gasteiger partial charge in [-0.2, -0.15) is 0 Å². The van der Waals surface area contributed by atoms with Gasteiger partial charge in [-0.3, -0.25) is 4.79 Å². The molecule has 1 aliphatic rings. The molecule has 0 spiro atoms. The molecule has 88 valence electrons. The summed E-state index contributed by atoms with van der Waals surface area (Å²) in [7, 11) is 0. The standard InChI is InChI=1S/C12H24N2O/c1-3-4-6-10-7-5-8-11(10)14-12(15)9(2)13/h9-11H,3-8,13H2,1-2H3,(H,14,15)/t9-,10?,11?/m0/s1. The van der Waals surface area contributed by atoms with E-state index in [0.717, 1.165) is 6.42 Å². The average Bonchev–Trinajstić information content (AvgIpc) is 2.62. The van der Waals surface area contributed by atoms with Crippen molar-refractivity contribution < 1.29 is 4.79 Å². The predicted molar refractivity (Wildman–Crippen MR) is 62.4 cm³/mol. The van der Waals surface area contributed by atoms with Crippen LogP contribution in [0.5, 0.6) is 0 Å². The second-order valence-corrected chi connectivity index (χ2v) is 4.74. The predicted octanol–water partition coefficient (Wildman–Crippen LogP) is 1.81. The van der Waals surface area contributed by atoms with Crippen molar-refractivity contribution in [2.75, 3.05) is 0 Å². The molecule has 3 atom stereocenters. The normalized spacial score (nSPS) is 27.7. The minimum Gasteiger partial charge on any atom is -0.352 e. The van der Waals surface area contributed by atoms with Gasteiger partial charge in [-0.05, 0) is 32.1 Å². The molecule has 3 nitrogen and oxygen atoms in total. The van der Waals surface area contributed by atoms with E-state index in [2.05, 4.69) is 12.2 Å². The summed E-state index contributed by atoms with van der Waals surface area (Å²) < 4.78 is 0. The summed E-state index contributed by atoms with van der Waals surface area (Å²) in [5, 5.41) is 3.07. The molecule has 0 aromatic carbocycles. The average molecular weight is 212 g/mol. The summed E-state index contributed by atoms with van der Waals surface area (Å²) in [4.78, 5) is 11.5. The smallest absolute Gasteiger partial charge is 0.236 e. The first kappa shape index (κ1) is 12.5. The number of rotatable bonds is 5. The van der Waals surface area contributed by atoms with Crippen molar-refractivity contribution in [3.05, 3.63) is 0 Å². The van der Waals surface area contributed by atoms with Gasteiger partial charge in [0.2, 0.25) is 5.91 Å². The van der Waals surface area contributed by atoms with Crippen LogP contribution in [-0.2, 0) is 4.79 Å². The second-order valence-electron chi connectivity index (χ2n) is 4.74. The molecular weight excluding hydrogens is 188 g/mol. The van der Waals surface area contributed by atoms with Crippen LogP contribution < -0.4 is 11.1 Å². The van der Waals surface area contributed by atoms with Gasteiger partial charge < -0.3 is 11.1 Å². The molecule has 0 radical (unpaired) electrons. The molecule has 15 heavy (non-hydrogen) atoms. The quantitative estimate of drug-likeness (QED) is 0.730. The van der Waals surface area contributed by atoms with E-state index in [-0.39, 0.29) is 11.9 Å². The fourth-order valence-electron chi connectivity index (χ4n) is 2.35. The topological polar surface area (TPSA) is 55.1 Å². The van der Waals surface area contributed by atoms with Crippen molar-refractivity contribution in [3.8, 4) is 0 Å². The van der Waals surface area contributed by atoms with Gasteiger partial charge in [0.25, 0.3) is 0 Å². The summed E-state index contributed by atoms with van der Waals surface area (Å²) in [6, 6.07) is 0.00692. The van der Waals surface area contributed by atoms with E-state index in [0.29, 0.717) is 12.0 Å². The van der Waals surface area contributed by atoms with Gasteiger partial charge in [0.05, 0.1) is 6.04 Å². The maximum atomic E-state index is 11.5. The van der Waals surface area contributed by atoms with Crippen molar-refractivity contribution in [2.24, 2.45) is 11.7 Å². The fraction of sp³-hybridized carbons (Fsp3) is 0.917. The number of hydrogen-bond donors (Lipinski definition) is 2. The molecule has 1 fully saturated rings. The van der Waals surface area contributed by atoms with Crippen LogP contribution in [0.15, 0.2) is 0 Å². The second kappa shape index (κ2) is 6.11. The Hall–Kier alpha value is -0.570. The van der Waals surface area contributed by atoms with Crippen LogP contribution in [0.4, 0.5) is 0 Å². The molecule has 0 aromatic heterocycles. The Kier molecular flexibility index (Phi) is 5.09. The Morgan fingerprint density at radius 3 is 2.87 bits per heavy atom. The van der Waals surface area contributed by atoms with Gasteiger partial charge >= 0.3 is 0 Å². The van der Waals surface area contributed by atoms with Crippen LogP contribution in [0.3, 0.4) is 0 Å². The Balaban J connectivity index is 2.36. The number of carbonyl (C=O) groups is 1. The van der Waals surface area contributed by atoms with E-state index >= 15 is 0 Å². The summed E-state index contributed by atoms with van der Waals surface area (Å²) in [6.45, 7) is 3.95. The van der Waals surface area contributed by atoms with E-state index < -0.39 is 0 Å². The number of hydrogen-bond acceptors (Lipinski definition) is 2. The van der Waals surface area contributed by atoms with Crippen LogP contribution in [0.2, 0.25) is 0 Å². The third-order valence-electron chi connectivity index (χ3n) is 3.33. The first-order chi connectivity index (χ1) is 7.15. The molecule has 0 aliphatic heterocycles. The molecule has 0 aromatic rings. The highest BCUT2D eigenvalue weighted by Crippen LogP contribution is 2.29. The van der Waals surface area contributed by atoms with Crippen molar-refractivity contribution >= 4 is 5.91 Å². The van der Waals surface area contributed by atoms with Crippen LogP contribution in [0, 0.1) is 5.92 Å². The first-order valence-electron chi connectivity index (χ1n) is 6.21. The minimum atomic E-state index is -0.377. The minimum absolute atomic E-state index is 0.00315. The van der Waals surface area contributed by atoms with Crippen molar-refractivity contribution in [3.63, 3.8) is 0 Å². The molecule has 0 bridgehead atoms. The molecular formula is C12H24N2O. The third-order valence-corrected chi connectivity index (χ3v) is 3.33. The number of nitrogens with one attached hydrogen (secondary N) is 1. The zero-order valence-electron chi connectivity index (χ0n) is 9.96. The van der Waals surface area contributed by atoms with E-state index in [9.17, 15) is 4.79 Å². The van der Waals surface area contributed by atoms with E-state index in [1.54, 1.807) is 6.92 Å².